The van der Waals surface area contributed by atoms with Crippen LogP contribution in [0, 0.1) is 0 Å². The Labute approximate surface area is 118 Å². The van der Waals surface area contributed by atoms with E-state index < -0.39 is 0 Å². The molecular weight excluding hydrogens is 287 g/mol. The quantitative estimate of drug-likeness (QED) is 0.652. The maximum Gasteiger partial charge on any atom is 0.128 e. The number of hydrogen-bond donors (Lipinski definition) is 1. The Morgan fingerprint density at radius 3 is 2.72 bits per heavy atom. The minimum Gasteiger partial charge on any atom is -0.398 e. The molecule has 0 aliphatic rings. The second kappa shape index (κ2) is 4.43. The monoisotopic (exact) mass is 294 g/mol. The van der Waals surface area contributed by atoms with E-state index >= 15 is 0 Å². The van der Waals surface area contributed by atoms with Crippen molar-refractivity contribution in [1.82, 2.24) is 4.98 Å². The summed E-state index contributed by atoms with van der Waals surface area (Å²) >= 11 is 13.7. The largest absolute Gasteiger partial charge is 0.398 e. The molecule has 2 aromatic carbocycles. The molecule has 2 N–H and O–H groups in total. The first-order valence-corrected chi connectivity index (χ1v) is 6.83. The van der Waals surface area contributed by atoms with Gasteiger partial charge in [-0.3, -0.25) is 0 Å². The predicted octanol–water partition coefficient (Wildman–Crippen LogP) is 4.85. The fourth-order valence-corrected chi connectivity index (χ4v) is 3.30. The lowest BCUT2D eigenvalue weighted by atomic mass is 10.2. The summed E-state index contributed by atoms with van der Waals surface area (Å²) < 4.78 is 1.06. The van der Waals surface area contributed by atoms with Gasteiger partial charge in [0, 0.05) is 10.7 Å². The van der Waals surface area contributed by atoms with Crippen molar-refractivity contribution in [2.24, 2.45) is 0 Å². The average Bonchev–Trinajstić information content (AvgIpc) is 2.71. The molecule has 3 aromatic rings. The Morgan fingerprint density at radius 1 is 1.11 bits per heavy atom. The molecule has 0 amide bonds. The Balaban J connectivity index is 2.26. The number of nitrogens with two attached hydrogens (primary N) is 1. The van der Waals surface area contributed by atoms with Crippen LogP contribution in [0.15, 0.2) is 36.4 Å². The molecule has 1 heterocycles. The van der Waals surface area contributed by atoms with Gasteiger partial charge in [0.1, 0.15) is 5.01 Å². The van der Waals surface area contributed by atoms with E-state index in [1.165, 1.54) is 0 Å². The number of anilines is 1. The van der Waals surface area contributed by atoms with Crippen LogP contribution >= 0.6 is 34.5 Å². The summed E-state index contributed by atoms with van der Waals surface area (Å²) in [5.41, 5.74) is 8.24. The molecular formula is C13H8Cl2N2S. The van der Waals surface area contributed by atoms with E-state index in [9.17, 15) is 0 Å². The van der Waals surface area contributed by atoms with Crippen LogP contribution in [0.4, 0.5) is 5.69 Å². The van der Waals surface area contributed by atoms with Crippen molar-refractivity contribution in [1.29, 1.82) is 0 Å². The van der Waals surface area contributed by atoms with Crippen LogP contribution in [0.2, 0.25) is 10.0 Å². The zero-order chi connectivity index (χ0) is 12.7. The topological polar surface area (TPSA) is 38.9 Å². The highest BCUT2D eigenvalue weighted by atomic mass is 35.5. The molecule has 3 rings (SSSR count). The van der Waals surface area contributed by atoms with Gasteiger partial charge in [-0.15, -0.1) is 11.3 Å². The molecule has 0 unspecified atom stereocenters. The van der Waals surface area contributed by atoms with Crippen LogP contribution in [0.3, 0.4) is 0 Å². The number of fused-ring (bicyclic) bond motifs is 1. The van der Waals surface area contributed by atoms with Crippen molar-refractivity contribution < 1.29 is 0 Å². The number of aromatic nitrogens is 1. The Hall–Kier alpha value is -1.29. The summed E-state index contributed by atoms with van der Waals surface area (Å²) in [7, 11) is 0. The Morgan fingerprint density at radius 2 is 1.94 bits per heavy atom. The maximum atomic E-state index is 6.18. The third-order valence-electron chi connectivity index (χ3n) is 2.61. The summed E-state index contributed by atoms with van der Waals surface area (Å²) in [6.45, 7) is 0. The van der Waals surface area contributed by atoms with E-state index in [2.05, 4.69) is 4.98 Å². The van der Waals surface area contributed by atoms with Crippen LogP contribution in [-0.2, 0) is 0 Å². The molecule has 1 aromatic heterocycles. The first-order valence-electron chi connectivity index (χ1n) is 5.25. The second-order valence-electron chi connectivity index (χ2n) is 3.84. The molecule has 0 fully saturated rings. The lowest BCUT2D eigenvalue weighted by molar-refractivity contribution is 1.48. The number of halogens is 2. The van der Waals surface area contributed by atoms with Crippen molar-refractivity contribution in [2.45, 2.75) is 0 Å². The number of nitrogens with zero attached hydrogens (tertiary/aromatic N) is 1. The summed E-state index contributed by atoms with van der Waals surface area (Å²) in [6, 6.07) is 11.1. The molecule has 5 heteroatoms. The number of rotatable bonds is 1. The number of hydrogen-bond acceptors (Lipinski definition) is 3. The van der Waals surface area contributed by atoms with Crippen molar-refractivity contribution in [2.75, 3.05) is 5.73 Å². The Bertz CT molecular complexity index is 717. The van der Waals surface area contributed by atoms with Crippen LogP contribution in [-0.4, -0.2) is 4.98 Å². The fraction of sp³-hybridized carbons (Fsp3) is 0. The number of nitrogen functional groups attached to an aromatic ring is 1. The number of benzene rings is 2. The minimum absolute atomic E-state index is 0.611. The molecule has 0 aliphatic heterocycles. The summed E-state index contributed by atoms with van der Waals surface area (Å²) in [4.78, 5) is 4.54. The van der Waals surface area contributed by atoms with Gasteiger partial charge < -0.3 is 5.73 Å². The van der Waals surface area contributed by atoms with E-state index in [0.29, 0.717) is 15.7 Å². The SMILES string of the molecule is Nc1cccc(Cl)c1-c1nc2cc(Cl)ccc2s1. The van der Waals surface area contributed by atoms with Crippen molar-refractivity contribution in [3.63, 3.8) is 0 Å². The average molecular weight is 295 g/mol. The molecule has 0 bridgehead atoms. The molecule has 0 atom stereocenters. The zero-order valence-electron chi connectivity index (χ0n) is 9.15. The summed E-state index contributed by atoms with van der Waals surface area (Å²) in [6.07, 6.45) is 0. The van der Waals surface area contributed by atoms with Gasteiger partial charge in [-0.25, -0.2) is 4.98 Å². The first-order chi connectivity index (χ1) is 8.65. The van der Waals surface area contributed by atoms with Gasteiger partial charge in [-0.05, 0) is 30.3 Å². The van der Waals surface area contributed by atoms with Gasteiger partial charge in [0.2, 0.25) is 0 Å². The van der Waals surface area contributed by atoms with E-state index in [0.717, 1.165) is 20.8 Å². The van der Waals surface area contributed by atoms with Crippen LogP contribution < -0.4 is 5.73 Å². The molecule has 0 saturated heterocycles. The van der Waals surface area contributed by atoms with Gasteiger partial charge in [0.05, 0.1) is 20.8 Å². The third-order valence-corrected chi connectivity index (χ3v) is 4.21. The van der Waals surface area contributed by atoms with Gasteiger partial charge in [-0.1, -0.05) is 29.3 Å². The van der Waals surface area contributed by atoms with E-state index in [1.807, 2.05) is 36.4 Å². The highest BCUT2D eigenvalue weighted by Gasteiger charge is 2.12. The van der Waals surface area contributed by atoms with Gasteiger partial charge in [0.15, 0.2) is 0 Å². The summed E-state index contributed by atoms with van der Waals surface area (Å²) in [5, 5.41) is 2.10. The third kappa shape index (κ3) is 1.94. The summed E-state index contributed by atoms with van der Waals surface area (Å²) in [5.74, 6) is 0. The van der Waals surface area contributed by atoms with E-state index in [-0.39, 0.29) is 0 Å². The highest BCUT2D eigenvalue weighted by molar-refractivity contribution is 7.21. The van der Waals surface area contributed by atoms with Crippen LogP contribution in [0.25, 0.3) is 20.8 Å². The van der Waals surface area contributed by atoms with E-state index in [1.54, 1.807) is 11.3 Å². The minimum atomic E-state index is 0.611. The second-order valence-corrected chi connectivity index (χ2v) is 5.71. The standard InChI is InChI=1S/C13H8Cl2N2S/c14-7-4-5-11-10(6-7)17-13(18-11)12-8(15)2-1-3-9(12)16/h1-6H,16H2. The normalized spacial score (nSPS) is 11.0. The van der Waals surface area contributed by atoms with Crippen molar-refractivity contribution >= 4 is 50.4 Å². The van der Waals surface area contributed by atoms with Crippen LogP contribution in [0.1, 0.15) is 0 Å². The van der Waals surface area contributed by atoms with Crippen molar-refractivity contribution in [3.8, 4) is 10.6 Å². The molecule has 0 aliphatic carbocycles. The molecule has 90 valence electrons. The number of thiazole rings is 1. The van der Waals surface area contributed by atoms with Gasteiger partial charge in [-0.2, -0.15) is 0 Å². The van der Waals surface area contributed by atoms with E-state index in [4.69, 9.17) is 28.9 Å². The zero-order valence-corrected chi connectivity index (χ0v) is 11.5. The Kier molecular flexibility index (Phi) is 2.90. The first kappa shape index (κ1) is 11.8. The molecule has 0 radical (unpaired) electrons. The molecule has 0 spiro atoms. The lowest BCUT2D eigenvalue weighted by Crippen LogP contribution is -1.89. The van der Waals surface area contributed by atoms with Gasteiger partial charge >= 0.3 is 0 Å². The smallest absolute Gasteiger partial charge is 0.128 e. The molecule has 0 saturated carbocycles. The molecule has 18 heavy (non-hydrogen) atoms. The molecule has 2 nitrogen and oxygen atoms in total. The van der Waals surface area contributed by atoms with Crippen molar-refractivity contribution in [3.05, 3.63) is 46.4 Å². The lowest BCUT2D eigenvalue weighted by Gasteiger charge is -2.03. The van der Waals surface area contributed by atoms with Crippen LogP contribution in [0.5, 0.6) is 0 Å². The van der Waals surface area contributed by atoms with Gasteiger partial charge in [0.25, 0.3) is 0 Å². The maximum absolute atomic E-state index is 6.18. The predicted molar refractivity (Wildman–Crippen MR) is 79.5 cm³/mol. The highest BCUT2D eigenvalue weighted by Crippen LogP contribution is 2.38. The fourth-order valence-electron chi connectivity index (χ4n) is 1.77.